The fourth-order valence-electron chi connectivity index (χ4n) is 11.0. The second-order valence-corrected chi connectivity index (χ2v) is 17.6. The van der Waals surface area contributed by atoms with Crippen molar-refractivity contribution in [2.75, 3.05) is 0 Å². The molecule has 0 saturated heterocycles. The number of allylic oxidation sites excluding steroid dienone is 11. The topological polar surface area (TPSA) is 12.4 Å². The van der Waals surface area contributed by atoms with Gasteiger partial charge in [0.1, 0.15) is 0 Å². The quantitative estimate of drug-likeness (QED) is 0.152. The van der Waals surface area contributed by atoms with Crippen LogP contribution >= 0.6 is 0 Å². The molecule has 5 unspecified atom stereocenters. The maximum atomic E-state index is 5.64. The molecule has 7 aromatic carbocycles. The Balaban J connectivity index is 0.867. The third-order valence-corrected chi connectivity index (χ3v) is 14.2. The summed E-state index contributed by atoms with van der Waals surface area (Å²) in [7, 11) is 0. The normalized spacial score (nSPS) is 21.9. The van der Waals surface area contributed by atoms with Crippen LogP contribution in [-0.2, 0) is 6.42 Å². The van der Waals surface area contributed by atoms with E-state index < -0.39 is 0 Å². The van der Waals surface area contributed by atoms with Crippen molar-refractivity contribution in [3.63, 3.8) is 0 Å². The van der Waals surface area contributed by atoms with Crippen molar-refractivity contribution >= 4 is 27.6 Å². The van der Waals surface area contributed by atoms with E-state index in [1.807, 2.05) is 0 Å². The molecule has 1 nitrogen and oxygen atoms in total. The zero-order valence-electron chi connectivity index (χ0n) is 34.7. The SMILES string of the molecule is C1=CC2C=CC=C(c3cc4c(c5ccccc35)Cc3cccc(C5=CCC(C6CC(c7ccc(-c8ccccc8)cc7)C(c7ccc(-c8ccccc8)cc7)=N6)C=C5)c3-4)C2C=C1. The maximum absolute atomic E-state index is 5.64. The Labute approximate surface area is 365 Å². The van der Waals surface area contributed by atoms with Crippen LogP contribution in [-0.4, -0.2) is 11.8 Å². The fraction of sp³-hybridized carbons (Fsp3) is 0.131. The summed E-state index contributed by atoms with van der Waals surface area (Å²) in [6, 6.07) is 58.5. The number of hydrogen-bond donors (Lipinski definition) is 0. The molecule has 0 radical (unpaired) electrons. The van der Waals surface area contributed by atoms with Gasteiger partial charge in [-0.3, -0.25) is 4.99 Å². The van der Waals surface area contributed by atoms with Gasteiger partial charge in [-0.25, -0.2) is 0 Å². The summed E-state index contributed by atoms with van der Waals surface area (Å²) < 4.78 is 0. The molecule has 296 valence electrons. The first-order valence-corrected chi connectivity index (χ1v) is 22.4. The highest BCUT2D eigenvalue weighted by atomic mass is 14.9. The van der Waals surface area contributed by atoms with Crippen LogP contribution in [0.4, 0.5) is 0 Å². The Morgan fingerprint density at radius 1 is 0.516 bits per heavy atom. The van der Waals surface area contributed by atoms with Crippen LogP contribution in [0.15, 0.2) is 223 Å². The summed E-state index contributed by atoms with van der Waals surface area (Å²) in [5.41, 5.74) is 19.9. The third kappa shape index (κ3) is 6.43. The summed E-state index contributed by atoms with van der Waals surface area (Å²) in [5, 5.41) is 2.74. The molecule has 0 amide bonds. The van der Waals surface area contributed by atoms with Gasteiger partial charge < -0.3 is 0 Å². The largest absolute Gasteiger partial charge is 0.285 e. The molecular formula is C61H47N. The number of fused-ring (bicyclic) bond motifs is 6. The first kappa shape index (κ1) is 36.7. The van der Waals surface area contributed by atoms with Crippen molar-refractivity contribution in [2.24, 2.45) is 22.7 Å². The lowest BCUT2D eigenvalue weighted by atomic mass is 9.75. The van der Waals surface area contributed by atoms with Gasteiger partial charge in [-0.05, 0) is 114 Å². The average Bonchev–Trinajstić information content (AvgIpc) is 3.97. The molecule has 0 saturated carbocycles. The van der Waals surface area contributed by atoms with Crippen LogP contribution in [0.2, 0.25) is 0 Å². The van der Waals surface area contributed by atoms with Crippen molar-refractivity contribution < 1.29 is 0 Å². The molecule has 1 heteroatoms. The van der Waals surface area contributed by atoms with E-state index in [0.29, 0.717) is 17.8 Å². The van der Waals surface area contributed by atoms with Gasteiger partial charge in [0.15, 0.2) is 0 Å². The molecule has 12 rings (SSSR count). The standard InChI is InChI=1S/C61H47N/c1-3-13-40(14-4-1)42-25-29-46(30-26-42)55-39-59(62-61(55)48-35-27-43(28-36-48)41-15-5-2-6-16-41)47-33-31-45(32-34-47)51-23-12-19-49-37-56-53-21-9-10-22-54(53)57(38-58(56)60(49)51)52-24-11-18-44-17-7-8-20-50(44)52/h1-33,35-36,38,44,47,50,55,59H,34,37,39H2. The minimum absolute atomic E-state index is 0.202. The Kier molecular flexibility index (Phi) is 9.14. The molecule has 5 aliphatic rings. The number of aliphatic imine (C=N–C) groups is 1. The second-order valence-electron chi connectivity index (χ2n) is 17.6. The van der Waals surface area contributed by atoms with Crippen LogP contribution in [0, 0.1) is 17.8 Å². The van der Waals surface area contributed by atoms with Crippen LogP contribution in [0.5, 0.6) is 0 Å². The van der Waals surface area contributed by atoms with E-state index in [-0.39, 0.29) is 12.0 Å². The van der Waals surface area contributed by atoms with Gasteiger partial charge in [0.25, 0.3) is 0 Å². The van der Waals surface area contributed by atoms with Crippen LogP contribution in [0.25, 0.3) is 55.3 Å². The highest BCUT2D eigenvalue weighted by Crippen LogP contribution is 2.49. The van der Waals surface area contributed by atoms with Crippen LogP contribution in [0.3, 0.4) is 0 Å². The molecule has 62 heavy (non-hydrogen) atoms. The van der Waals surface area contributed by atoms with E-state index in [1.165, 1.54) is 94.4 Å². The zero-order chi connectivity index (χ0) is 41.0. The van der Waals surface area contributed by atoms with Crippen molar-refractivity contribution in [1.29, 1.82) is 0 Å². The molecule has 0 aromatic heterocycles. The van der Waals surface area contributed by atoms with Crippen molar-refractivity contribution in [1.82, 2.24) is 0 Å². The Morgan fingerprint density at radius 3 is 1.92 bits per heavy atom. The number of rotatable bonds is 7. The predicted molar refractivity (Wildman–Crippen MR) is 261 cm³/mol. The van der Waals surface area contributed by atoms with E-state index in [0.717, 1.165) is 19.3 Å². The molecule has 0 bridgehead atoms. The monoisotopic (exact) mass is 793 g/mol. The summed E-state index contributed by atoms with van der Waals surface area (Å²) in [4.78, 5) is 5.64. The van der Waals surface area contributed by atoms with Gasteiger partial charge in [-0.2, -0.15) is 0 Å². The van der Waals surface area contributed by atoms with Crippen molar-refractivity contribution in [3.8, 4) is 33.4 Å². The van der Waals surface area contributed by atoms with Gasteiger partial charge in [-0.15, -0.1) is 0 Å². The van der Waals surface area contributed by atoms with Crippen LogP contribution in [0.1, 0.15) is 52.1 Å². The number of nitrogens with zero attached hydrogens (tertiary/aromatic N) is 1. The first-order chi connectivity index (χ1) is 30.7. The maximum Gasteiger partial charge on any atom is 0.0578 e. The second kappa shape index (κ2) is 15.4. The Morgan fingerprint density at radius 2 is 1.18 bits per heavy atom. The lowest BCUT2D eigenvalue weighted by Gasteiger charge is -2.28. The molecule has 5 atom stereocenters. The number of benzene rings is 7. The third-order valence-electron chi connectivity index (χ3n) is 14.2. The number of hydrogen-bond acceptors (Lipinski definition) is 1. The predicted octanol–water partition coefficient (Wildman–Crippen LogP) is 15.1. The highest BCUT2D eigenvalue weighted by Gasteiger charge is 2.35. The van der Waals surface area contributed by atoms with Gasteiger partial charge in [0, 0.05) is 29.4 Å². The van der Waals surface area contributed by atoms with Crippen molar-refractivity contribution in [3.05, 3.63) is 252 Å². The fourth-order valence-corrected chi connectivity index (χ4v) is 11.0. The van der Waals surface area contributed by atoms with Gasteiger partial charge >= 0.3 is 0 Å². The first-order valence-electron chi connectivity index (χ1n) is 22.4. The van der Waals surface area contributed by atoms with Gasteiger partial charge in [0.2, 0.25) is 0 Å². The molecule has 0 N–H and O–H groups in total. The minimum Gasteiger partial charge on any atom is -0.285 e. The summed E-state index contributed by atoms with van der Waals surface area (Å²) in [6.07, 6.45) is 26.4. The molecule has 1 aliphatic heterocycles. The van der Waals surface area contributed by atoms with Gasteiger partial charge in [-0.1, -0.05) is 212 Å². The smallest absolute Gasteiger partial charge is 0.0578 e. The summed E-state index contributed by atoms with van der Waals surface area (Å²) in [5.74, 6) is 1.32. The molecule has 0 spiro atoms. The summed E-state index contributed by atoms with van der Waals surface area (Å²) in [6.45, 7) is 0. The lowest BCUT2D eigenvalue weighted by Crippen LogP contribution is -2.16. The van der Waals surface area contributed by atoms with Gasteiger partial charge in [0.05, 0.1) is 6.04 Å². The zero-order valence-corrected chi connectivity index (χ0v) is 34.7. The van der Waals surface area contributed by atoms with E-state index in [4.69, 9.17) is 4.99 Å². The van der Waals surface area contributed by atoms with Crippen LogP contribution < -0.4 is 0 Å². The van der Waals surface area contributed by atoms with Crippen molar-refractivity contribution in [2.45, 2.75) is 31.2 Å². The van der Waals surface area contributed by atoms with E-state index in [9.17, 15) is 0 Å². The molecule has 0 fully saturated rings. The Hall–Kier alpha value is -7.09. The minimum atomic E-state index is 0.202. The Bertz CT molecular complexity index is 3080. The molecule has 4 aliphatic carbocycles. The highest BCUT2D eigenvalue weighted by molar-refractivity contribution is 6.07. The lowest BCUT2D eigenvalue weighted by molar-refractivity contribution is 0.492. The van der Waals surface area contributed by atoms with E-state index in [1.54, 1.807) is 0 Å². The summed E-state index contributed by atoms with van der Waals surface area (Å²) >= 11 is 0. The molecule has 1 heterocycles. The van der Waals surface area contributed by atoms with E-state index >= 15 is 0 Å². The molecular weight excluding hydrogens is 747 g/mol. The molecule has 7 aromatic rings. The average molecular weight is 794 g/mol. The van der Waals surface area contributed by atoms with E-state index in [2.05, 4.69) is 218 Å².